The number of rotatable bonds is 5. The zero-order valence-corrected chi connectivity index (χ0v) is 35.4. The van der Waals surface area contributed by atoms with Gasteiger partial charge in [0.1, 0.15) is 28.5 Å². The highest BCUT2D eigenvalue weighted by Gasteiger charge is 2.27. The second-order valence-electron chi connectivity index (χ2n) is 16.9. The molecule has 0 atom stereocenters. The molecule has 12 heteroatoms. The minimum atomic E-state index is -1.16. The topological polar surface area (TPSA) is 215 Å². The molecule has 0 bridgehead atoms. The number of carboxylic acids is 2. The molecule has 320 valence electrons. The highest BCUT2D eigenvalue weighted by atomic mass is 16.4. The summed E-state index contributed by atoms with van der Waals surface area (Å²) in [5, 5.41) is 44.1. The summed E-state index contributed by atoms with van der Waals surface area (Å²) in [5.74, 6) is -2.09. The van der Waals surface area contributed by atoms with Crippen LogP contribution in [0.5, 0.6) is 11.5 Å². The Morgan fingerprint density at radius 3 is 1.40 bits per heavy atom. The monoisotopic (exact) mass is 846 g/mol. The van der Waals surface area contributed by atoms with Crippen molar-refractivity contribution < 1.29 is 48.4 Å². The van der Waals surface area contributed by atoms with Gasteiger partial charge in [0.2, 0.25) is 0 Å². The number of Topliss-reactive ketones (excluding diaryl/α,β-unsaturated/α-hetero) is 2. The quantitative estimate of drug-likeness (QED) is 0.122. The van der Waals surface area contributed by atoms with Crippen LogP contribution in [0.2, 0.25) is 0 Å². The molecule has 0 aromatic heterocycles. The predicted molar refractivity (Wildman–Crippen MR) is 236 cm³/mol. The molecular weight excluding hydrogens is 805 g/mol. The fourth-order valence-electron chi connectivity index (χ4n) is 6.68. The highest BCUT2D eigenvalue weighted by Crippen LogP contribution is 2.43. The Bertz CT molecular complexity index is 3150. The summed E-state index contributed by atoms with van der Waals surface area (Å²) in [6.07, 6.45) is 0. The number of fused-ring (bicyclic) bond motifs is 4. The molecule has 0 saturated heterocycles. The van der Waals surface area contributed by atoms with E-state index >= 15 is 0 Å². The molecule has 0 spiro atoms. The van der Waals surface area contributed by atoms with Crippen molar-refractivity contribution in [2.24, 2.45) is 10.8 Å². The molecule has 63 heavy (non-hydrogen) atoms. The average Bonchev–Trinajstić information content (AvgIpc) is 3.21. The molecule has 4 aromatic rings. The van der Waals surface area contributed by atoms with Gasteiger partial charge < -0.3 is 29.3 Å². The van der Waals surface area contributed by atoms with E-state index < -0.39 is 17.4 Å². The Morgan fingerprint density at radius 2 is 0.952 bits per heavy atom. The van der Waals surface area contributed by atoms with Gasteiger partial charge in [-0.3, -0.25) is 19.2 Å². The lowest BCUT2D eigenvalue weighted by Crippen LogP contribution is -2.20. The van der Waals surface area contributed by atoms with Gasteiger partial charge in [0, 0.05) is 61.6 Å². The van der Waals surface area contributed by atoms with Crippen LogP contribution in [-0.4, -0.2) is 33.7 Å². The van der Waals surface area contributed by atoms with Gasteiger partial charge in [-0.05, 0) is 72.6 Å². The fourth-order valence-corrected chi connectivity index (χ4v) is 6.68. The van der Waals surface area contributed by atoms with Crippen LogP contribution in [0.4, 0.5) is 0 Å². The molecule has 0 radical (unpaired) electrons. The molecule has 2 N–H and O–H groups in total. The molecule has 2 aliphatic heterocycles. The Labute approximate surface area is 361 Å². The molecule has 0 saturated carbocycles. The van der Waals surface area contributed by atoms with E-state index in [-0.39, 0.29) is 61.8 Å². The van der Waals surface area contributed by atoms with Crippen molar-refractivity contribution in [2.45, 2.75) is 48.5 Å². The predicted octanol–water partition coefficient (Wildman–Crippen LogP) is 9.52. The van der Waals surface area contributed by atoms with Crippen LogP contribution < -0.4 is 21.1 Å². The Balaban J connectivity index is 0.000000185. The summed E-state index contributed by atoms with van der Waals surface area (Å²) < 4.78 is 11.5. The fraction of sp³-hybridized carbons (Fsp3) is 0.176. The molecule has 4 aromatic carbocycles. The van der Waals surface area contributed by atoms with Crippen LogP contribution in [0.1, 0.15) is 79.5 Å². The Morgan fingerprint density at radius 1 is 0.508 bits per heavy atom. The van der Waals surface area contributed by atoms with Crippen molar-refractivity contribution in [2.75, 3.05) is 0 Å². The molecule has 0 amide bonds. The lowest BCUT2D eigenvalue weighted by atomic mass is 9.83. The maximum absolute atomic E-state index is 12.9. The summed E-state index contributed by atoms with van der Waals surface area (Å²) in [7, 11) is 0. The van der Waals surface area contributed by atoms with Gasteiger partial charge in [-0.25, -0.2) is 9.59 Å². The van der Waals surface area contributed by atoms with Gasteiger partial charge in [-0.15, -0.1) is 11.5 Å². The number of carbonyl (C=O) groups is 4. The first-order chi connectivity index (χ1) is 29.5. The third-order valence-corrected chi connectivity index (χ3v) is 10.3. The zero-order valence-electron chi connectivity index (χ0n) is 35.4. The highest BCUT2D eigenvalue weighted by molar-refractivity contribution is 6.10. The van der Waals surface area contributed by atoms with E-state index in [2.05, 4.69) is 0 Å². The second-order valence-corrected chi connectivity index (χ2v) is 16.9. The van der Waals surface area contributed by atoms with Crippen LogP contribution in [-0.2, 0) is 4.79 Å². The third kappa shape index (κ3) is 9.55. The first-order valence-corrected chi connectivity index (χ1v) is 19.7. The van der Waals surface area contributed by atoms with E-state index in [9.17, 15) is 49.2 Å². The van der Waals surface area contributed by atoms with Crippen LogP contribution in [0.15, 0.2) is 134 Å². The van der Waals surface area contributed by atoms with E-state index in [1.807, 2.05) is 20.8 Å². The zero-order chi connectivity index (χ0) is 46.1. The maximum atomic E-state index is 12.9. The van der Waals surface area contributed by atoms with E-state index in [0.717, 1.165) is 0 Å². The number of aromatic carboxylic acids is 2. The van der Waals surface area contributed by atoms with Crippen molar-refractivity contribution >= 4 is 45.4 Å². The number of hydrogen-bond acceptors (Lipinski definition) is 10. The molecular formula is C51H42O12-2. The number of carbonyl (C=O) groups excluding carboxylic acids is 2. The first kappa shape index (κ1) is 44.7. The van der Waals surface area contributed by atoms with E-state index in [0.29, 0.717) is 61.1 Å². The van der Waals surface area contributed by atoms with Crippen molar-refractivity contribution in [1.82, 2.24) is 0 Å². The van der Waals surface area contributed by atoms with Crippen molar-refractivity contribution in [3.63, 3.8) is 0 Å². The van der Waals surface area contributed by atoms with Gasteiger partial charge in [0.25, 0.3) is 0 Å². The number of carboxylic acid groups (broad SMARTS) is 2. The molecule has 2 heterocycles. The van der Waals surface area contributed by atoms with Crippen LogP contribution in [0.3, 0.4) is 0 Å². The van der Waals surface area contributed by atoms with Crippen molar-refractivity contribution in [1.29, 1.82) is 0 Å². The molecule has 0 unspecified atom stereocenters. The van der Waals surface area contributed by atoms with Crippen molar-refractivity contribution in [3.05, 3.63) is 152 Å². The van der Waals surface area contributed by atoms with E-state index in [1.54, 1.807) is 76.2 Å². The smallest absolute Gasteiger partial charge is 0.336 e. The normalized spacial score (nSPS) is 11.4. The van der Waals surface area contributed by atoms with Crippen LogP contribution in [0.25, 0.3) is 66.8 Å². The number of hydrogen-bond donors (Lipinski definition) is 2. The Hall–Kier alpha value is -7.86. The minimum absolute atomic E-state index is 0.00309. The minimum Gasteiger partial charge on any atom is -0.872 e. The third-order valence-electron chi connectivity index (χ3n) is 10.3. The van der Waals surface area contributed by atoms with Crippen molar-refractivity contribution in [3.8, 4) is 56.4 Å². The molecule has 2 aliphatic carbocycles. The van der Waals surface area contributed by atoms with Gasteiger partial charge in [0.05, 0.1) is 11.1 Å². The maximum Gasteiger partial charge on any atom is 0.336 e. The molecule has 0 fully saturated rings. The Kier molecular flexibility index (Phi) is 12.2. The van der Waals surface area contributed by atoms with Gasteiger partial charge in [0.15, 0.2) is 16.6 Å². The summed E-state index contributed by atoms with van der Waals surface area (Å²) in [5.41, 5.74) is 2.75. The first-order valence-electron chi connectivity index (χ1n) is 19.7. The average molecular weight is 847 g/mol. The van der Waals surface area contributed by atoms with E-state index in [1.165, 1.54) is 66.7 Å². The second kappa shape index (κ2) is 17.3. The largest absolute Gasteiger partial charge is 0.872 e. The van der Waals surface area contributed by atoms with Crippen LogP contribution >= 0.6 is 0 Å². The van der Waals surface area contributed by atoms with Crippen LogP contribution in [0, 0.1) is 10.8 Å². The SMILES string of the molecule is CC(=O)C(C)(C)C.CC(C)(C)C(=O)c1ccc(C(=O)O)c(-c2c3ccc(=O)cc-3oc3cc([O-])ccc23)c1.O=C(O)c1ccccc1-c1c2ccc(=O)cc-2oc2cc([O-])ccc12. The number of benzene rings is 6. The lowest BCUT2D eigenvalue weighted by Gasteiger charge is -2.20. The lowest BCUT2D eigenvalue weighted by molar-refractivity contribution is -0.268. The standard InChI is InChI=1S/C25H20O6.C20H12O5.C6H12O/c1-25(2,3)23(28)13-4-7-16(24(29)30)19(10-13)22-17-8-5-14(26)11-20(17)31-21-12-15(27)6-9-18(21)22;21-11-5-7-15-17(9-11)25-18-10-12(22)6-8-16(18)19(15)13-3-1-2-4-14(13)20(23)24;1-5(7)6(2,3)4/h4-12,26H,1-3H3,(H,29,30);1-10,21H,(H,23,24);1-4H3/p-2. The van der Waals surface area contributed by atoms with Gasteiger partial charge in [-0.1, -0.05) is 90.1 Å². The summed E-state index contributed by atoms with van der Waals surface area (Å²) in [6, 6.07) is 28.2. The van der Waals surface area contributed by atoms with E-state index in [4.69, 9.17) is 8.83 Å². The van der Waals surface area contributed by atoms with Gasteiger partial charge in [-0.2, -0.15) is 0 Å². The summed E-state index contributed by atoms with van der Waals surface area (Å²) >= 11 is 0. The molecule has 4 aliphatic rings. The summed E-state index contributed by atoms with van der Waals surface area (Å²) in [4.78, 5) is 70.7. The molecule has 8 rings (SSSR count). The number of ketones is 2. The summed E-state index contributed by atoms with van der Waals surface area (Å²) in [6.45, 7) is 12.7. The van der Waals surface area contributed by atoms with Gasteiger partial charge >= 0.3 is 11.9 Å². The molecule has 12 nitrogen and oxygen atoms in total.